The number of carbonyl (C=O) groups is 3. The molecule has 2 heterocycles. The van der Waals surface area contributed by atoms with E-state index in [-0.39, 0.29) is 41.9 Å². The predicted molar refractivity (Wildman–Crippen MR) is 115 cm³/mol. The van der Waals surface area contributed by atoms with Crippen LogP contribution in [0.4, 0.5) is 10.8 Å². The van der Waals surface area contributed by atoms with Crippen LogP contribution in [0.5, 0.6) is 0 Å². The first-order chi connectivity index (χ1) is 14.6. The van der Waals surface area contributed by atoms with Crippen molar-refractivity contribution in [3.63, 3.8) is 0 Å². The number of hydrogen-bond donors (Lipinski definition) is 1. The zero-order valence-corrected chi connectivity index (χ0v) is 18.9. The Morgan fingerprint density at radius 1 is 1.32 bits per heavy atom. The highest BCUT2D eigenvalue weighted by atomic mass is 32.1. The minimum Gasteiger partial charge on any atom is -0.462 e. The van der Waals surface area contributed by atoms with Gasteiger partial charge in [0.1, 0.15) is 5.00 Å². The molecule has 2 aromatic heterocycles. The van der Waals surface area contributed by atoms with Crippen LogP contribution in [0, 0.1) is 24.0 Å². The number of hydrogen-bond acceptors (Lipinski definition) is 8. The van der Waals surface area contributed by atoms with Crippen LogP contribution in [0.3, 0.4) is 0 Å². The summed E-state index contributed by atoms with van der Waals surface area (Å²) in [6.07, 6.45) is 0.604. The third kappa shape index (κ3) is 5.66. The first-order valence-corrected chi connectivity index (χ1v) is 10.4. The highest BCUT2D eigenvalue weighted by molar-refractivity contribution is 7.18. The number of amides is 2. The monoisotopic (exact) mass is 451 g/mol. The lowest BCUT2D eigenvalue weighted by Gasteiger charge is -2.09. The van der Waals surface area contributed by atoms with Gasteiger partial charge in [-0.2, -0.15) is 4.68 Å². The number of esters is 1. The normalized spacial score (nSPS) is 10.6. The lowest BCUT2D eigenvalue weighted by molar-refractivity contribution is -0.389. The van der Waals surface area contributed by atoms with E-state index < -0.39 is 16.8 Å². The molecule has 0 radical (unpaired) electrons. The molecule has 0 aliphatic rings. The second-order valence-electron chi connectivity index (χ2n) is 7.02. The van der Waals surface area contributed by atoms with Crippen molar-refractivity contribution in [2.24, 2.45) is 0 Å². The van der Waals surface area contributed by atoms with Crippen LogP contribution in [0.15, 0.2) is 6.07 Å². The Bertz CT molecular complexity index is 1010. The molecule has 0 saturated carbocycles. The van der Waals surface area contributed by atoms with Gasteiger partial charge in [0.25, 0.3) is 5.91 Å². The summed E-state index contributed by atoms with van der Waals surface area (Å²) in [5.41, 5.74) is 1.15. The Morgan fingerprint density at radius 3 is 2.55 bits per heavy atom. The summed E-state index contributed by atoms with van der Waals surface area (Å²) < 4.78 is 6.59. The molecule has 11 nitrogen and oxygen atoms in total. The average Bonchev–Trinajstić information content (AvgIpc) is 3.23. The molecule has 0 bridgehead atoms. The van der Waals surface area contributed by atoms with Crippen LogP contribution < -0.4 is 5.32 Å². The van der Waals surface area contributed by atoms with E-state index in [9.17, 15) is 24.5 Å². The number of aromatic nitrogens is 2. The van der Waals surface area contributed by atoms with Crippen molar-refractivity contribution in [2.45, 2.75) is 40.2 Å². The predicted octanol–water partition coefficient (Wildman–Crippen LogP) is 2.77. The van der Waals surface area contributed by atoms with Crippen molar-refractivity contribution >= 4 is 39.9 Å². The summed E-state index contributed by atoms with van der Waals surface area (Å²) in [7, 11) is 3.20. The first kappa shape index (κ1) is 24.0. The fourth-order valence-electron chi connectivity index (χ4n) is 2.73. The van der Waals surface area contributed by atoms with E-state index in [1.165, 1.54) is 15.6 Å². The number of nitrogens with zero attached hydrogens (tertiary/aromatic N) is 4. The van der Waals surface area contributed by atoms with Gasteiger partial charge in [-0.25, -0.2) is 4.79 Å². The zero-order valence-electron chi connectivity index (χ0n) is 18.1. The second kappa shape index (κ2) is 10.2. The largest absolute Gasteiger partial charge is 0.462 e. The average molecular weight is 452 g/mol. The third-order valence-electron chi connectivity index (χ3n) is 4.35. The van der Waals surface area contributed by atoms with Crippen molar-refractivity contribution in [1.29, 1.82) is 0 Å². The van der Waals surface area contributed by atoms with Gasteiger partial charge in [0, 0.05) is 20.5 Å². The molecular formula is C19H25N5O6S. The van der Waals surface area contributed by atoms with Crippen LogP contribution in [-0.4, -0.2) is 58.1 Å². The molecule has 168 valence electrons. The number of nitrogens with one attached hydrogen (secondary N) is 1. The molecule has 2 rings (SSSR count). The minimum absolute atomic E-state index is 0.0307. The molecule has 2 amide bonds. The summed E-state index contributed by atoms with van der Waals surface area (Å²) in [4.78, 5) is 49.5. The zero-order chi connectivity index (χ0) is 23.3. The molecule has 0 aromatic carbocycles. The fourth-order valence-corrected chi connectivity index (χ4v) is 3.96. The fraction of sp³-hybridized carbons (Fsp3) is 0.474. The lowest BCUT2D eigenvalue weighted by atomic mass is 10.1. The number of anilines is 1. The first-order valence-electron chi connectivity index (χ1n) is 9.57. The van der Waals surface area contributed by atoms with Gasteiger partial charge in [0.15, 0.2) is 0 Å². The summed E-state index contributed by atoms with van der Waals surface area (Å²) in [6, 6.07) is 1.32. The number of nitro groups is 1. The minimum atomic E-state index is -0.609. The number of ether oxygens (including phenoxy) is 1. The van der Waals surface area contributed by atoms with Crippen molar-refractivity contribution in [2.75, 3.05) is 26.0 Å². The molecule has 0 fully saturated rings. The van der Waals surface area contributed by atoms with Crippen molar-refractivity contribution < 1.29 is 24.0 Å². The van der Waals surface area contributed by atoms with Crippen LogP contribution >= 0.6 is 11.3 Å². The standard InChI is InChI=1S/C19H25N5O6S/c1-6-9-30-19(27)15-12(3)16(18(26)22(4)5)31-17(15)20-14(25)7-8-23-11(2)10-13(21-23)24(28)29/h10H,6-9H2,1-5H3,(H,20,25). The van der Waals surface area contributed by atoms with Gasteiger partial charge in [0.05, 0.1) is 40.5 Å². The maximum atomic E-state index is 12.6. The van der Waals surface area contributed by atoms with Gasteiger partial charge >= 0.3 is 11.8 Å². The summed E-state index contributed by atoms with van der Waals surface area (Å²) in [6.45, 7) is 5.49. The molecule has 0 atom stereocenters. The Labute approximate surface area is 183 Å². The number of carbonyl (C=O) groups excluding carboxylic acids is 3. The molecule has 0 aliphatic heterocycles. The van der Waals surface area contributed by atoms with Crippen LogP contribution in [-0.2, 0) is 16.1 Å². The van der Waals surface area contributed by atoms with Gasteiger partial charge in [0.2, 0.25) is 5.91 Å². The highest BCUT2D eigenvalue weighted by Gasteiger charge is 2.27. The molecule has 0 spiro atoms. The number of rotatable bonds is 9. The Kier molecular flexibility index (Phi) is 7.86. The molecule has 31 heavy (non-hydrogen) atoms. The van der Waals surface area contributed by atoms with Gasteiger partial charge < -0.3 is 25.1 Å². The number of aryl methyl sites for hydroxylation is 2. The molecule has 0 aliphatic carbocycles. The molecule has 0 unspecified atom stereocenters. The molecular weight excluding hydrogens is 426 g/mol. The quantitative estimate of drug-likeness (QED) is 0.351. The smallest absolute Gasteiger partial charge is 0.390 e. The molecule has 1 N–H and O–H groups in total. The third-order valence-corrected chi connectivity index (χ3v) is 5.54. The van der Waals surface area contributed by atoms with E-state index in [1.807, 2.05) is 6.92 Å². The molecule has 0 saturated heterocycles. The van der Waals surface area contributed by atoms with E-state index in [0.717, 1.165) is 11.3 Å². The van der Waals surface area contributed by atoms with Gasteiger partial charge in [-0.1, -0.05) is 6.92 Å². The van der Waals surface area contributed by atoms with Crippen molar-refractivity contribution in [3.8, 4) is 0 Å². The van der Waals surface area contributed by atoms with Gasteiger partial charge in [-0.3, -0.25) is 9.59 Å². The lowest BCUT2D eigenvalue weighted by Crippen LogP contribution is -2.21. The van der Waals surface area contributed by atoms with E-state index in [4.69, 9.17) is 4.74 Å². The topological polar surface area (TPSA) is 137 Å². The van der Waals surface area contributed by atoms with Crippen molar-refractivity contribution in [1.82, 2.24) is 14.7 Å². The Morgan fingerprint density at radius 2 is 2.00 bits per heavy atom. The summed E-state index contributed by atoms with van der Waals surface area (Å²) in [5.74, 6) is -1.61. The highest BCUT2D eigenvalue weighted by Crippen LogP contribution is 2.34. The SMILES string of the molecule is CCCOC(=O)c1c(NC(=O)CCn2nc([N+](=O)[O-])cc2C)sc(C(=O)N(C)C)c1C. The molecule has 2 aromatic rings. The maximum Gasteiger partial charge on any atom is 0.390 e. The van der Waals surface area contributed by atoms with Gasteiger partial charge in [-0.05, 0) is 30.8 Å². The van der Waals surface area contributed by atoms with Crippen LogP contribution in [0.2, 0.25) is 0 Å². The molecule has 12 heteroatoms. The van der Waals surface area contributed by atoms with E-state index in [0.29, 0.717) is 22.6 Å². The maximum absolute atomic E-state index is 12.6. The van der Waals surface area contributed by atoms with Crippen LogP contribution in [0.1, 0.15) is 51.1 Å². The van der Waals surface area contributed by atoms with Crippen LogP contribution in [0.25, 0.3) is 0 Å². The second-order valence-corrected chi connectivity index (χ2v) is 8.04. The van der Waals surface area contributed by atoms with Crippen molar-refractivity contribution in [3.05, 3.63) is 37.9 Å². The Hall–Kier alpha value is -3.28. The van der Waals surface area contributed by atoms with Gasteiger partial charge in [-0.15, -0.1) is 11.3 Å². The summed E-state index contributed by atoms with van der Waals surface area (Å²) >= 11 is 1.01. The van der Waals surface area contributed by atoms with E-state index in [2.05, 4.69) is 10.4 Å². The number of thiophene rings is 1. The van der Waals surface area contributed by atoms with E-state index in [1.54, 1.807) is 27.9 Å². The summed E-state index contributed by atoms with van der Waals surface area (Å²) in [5, 5.41) is 17.6. The van der Waals surface area contributed by atoms with E-state index >= 15 is 0 Å². The Balaban J connectivity index is 2.22.